The molecule has 3 heterocycles. The van der Waals surface area contributed by atoms with Crippen LogP contribution in [0.3, 0.4) is 0 Å². The van der Waals surface area contributed by atoms with Crippen LogP contribution in [0.2, 0.25) is 0 Å². The number of ether oxygens (including phenoxy) is 4. The minimum Gasteiger partial charge on any atom is -0.497 e. The SMILES string of the molecule is COC(=O)c1scnc1-n1nc(C(Nc2ccc(C#N)c(CNC(=O)OC(C)(C)C)c2)C2=CC=C3OCCCC3C2(F)OC)[nH]c1=O. The monoisotopic (exact) mass is 667 g/mol. The minimum absolute atomic E-state index is 0.0180. The number of allylic oxidation sites excluding steroid dienone is 2. The molecular weight excluding hydrogens is 633 g/mol. The lowest BCUT2D eigenvalue weighted by Gasteiger charge is -2.42. The summed E-state index contributed by atoms with van der Waals surface area (Å²) in [4.78, 5) is 44.8. The molecule has 0 saturated carbocycles. The summed E-state index contributed by atoms with van der Waals surface area (Å²) in [7, 11) is 2.46. The molecule has 1 fully saturated rings. The van der Waals surface area contributed by atoms with Gasteiger partial charge in [0, 0.05) is 24.9 Å². The first-order valence-corrected chi connectivity index (χ1v) is 15.5. The fraction of sp³-hybridized carbons (Fsp3) is 0.419. The number of halogens is 1. The van der Waals surface area contributed by atoms with Gasteiger partial charge < -0.3 is 29.6 Å². The van der Waals surface area contributed by atoms with Crippen LogP contribution in [0.5, 0.6) is 0 Å². The van der Waals surface area contributed by atoms with Gasteiger partial charge in [-0.05, 0) is 63.5 Å². The van der Waals surface area contributed by atoms with Gasteiger partial charge in [0.15, 0.2) is 16.5 Å². The number of carbonyl (C=O) groups excluding carboxylic acids is 2. The third kappa shape index (κ3) is 6.91. The van der Waals surface area contributed by atoms with E-state index in [1.54, 1.807) is 45.0 Å². The second-order valence-corrected chi connectivity index (χ2v) is 12.6. The predicted octanol–water partition coefficient (Wildman–Crippen LogP) is 4.42. The second-order valence-electron chi connectivity index (χ2n) is 11.7. The van der Waals surface area contributed by atoms with Crippen molar-refractivity contribution >= 4 is 29.1 Å². The smallest absolute Gasteiger partial charge is 0.407 e. The number of nitrogens with zero attached hydrogens (tertiary/aromatic N) is 4. The van der Waals surface area contributed by atoms with Crippen molar-refractivity contribution in [1.29, 1.82) is 5.26 Å². The Bertz CT molecular complexity index is 1830. The molecule has 14 nitrogen and oxygen atoms in total. The van der Waals surface area contributed by atoms with Gasteiger partial charge in [-0.1, -0.05) is 6.08 Å². The Hall–Kier alpha value is -5.01. The second kappa shape index (κ2) is 13.4. The summed E-state index contributed by atoms with van der Waals surface area (Å²) in [5, 5.41) is 20.1. The van der Waals surface area contributed by atoms with Gasteiger partial charge in [0.2, 0.25) is 5.85 Å². The average molecular weight is 668 g/mol. The number of hydrogen-bond acceptors (Lipinski definition) is 12. The Balaban J connectivity index is 1.57. The molecule has 3 atom stereocenters. The number of carbonyl (C=O) groups is 2. The van der Waals surface area contributed by atoms with E-state index in [0.29, 0.717) is 42.0 Å². The number of fused-ring (bicyclic) bond motifs is 1. The Labute approximate surface area is 273 Å². The van der Waals surface area contributed by atoms with Crippen molar-refractivity contribution in [2.24, 2.45) is 5.92 Å². The predicted molar refractivity (Wildman–Crippen MR) is 167 cm³/mol. The molecule has 1 aliphatic carbocycles. The number of amides is 1. The summed E-state index contributed by atoms with van der Waals surface area (Å²) in [5.41, 5.74) is 1.15. The van der Waals surface area contributed by atoms with E-state index in [2.05, 4.69) is 31.8 Å². The number of nitriles is 1. The van der Waals surface area contributed by atoms with E-state index in [-0.39, 0.29) is 28.6 Å². The van der Waals surface area contributed by atoms with Crippen molar-refractivity contribution in [2.75, 3.05) is 26.1 Å². The largest absolute Gasteiger partial charge is 0.497 e. The first kappa shape index (κ1) is 33.4. The zero-order chi connectivity index (χ0) is 33.9. The Kier molecular flexibility index (Phi) is 9.50. The number of anilines is 1. The lowest BCUT2D eigenvalue weighted by Crippen LogP contribution is -2.45. The van der Waals surface area contributed by atoms with Gasteiger partial charge in [0.1, 0.15) is 17.4 Å². The number of aromatic amines is 1. The summed E-state index contributed by atoms with van der Waals surface area (Å²) in [6, 6.07) is 5.73. The molecule has 3 unspecified atom stereocenters. The van der Waals surface area contributed by atoms with E-state index < -0.39 is 41.2 Å². The van der Waals surface area contributed by atoms with Gasteiger partial charge in [-0.3, -0.25) is 4.98 Å². The maximum atomic E-state index is 17.1. The van der Waals surface area contributed by atoms with Gasteiger partial charge in [-0.25, -0.2) is 23.8 Å². The molecule has 0 spiro atoms. The van der Waals surface area contributed by atoms with Crippen LogP contribution >= 0.6 is 11.3 Å². The molecule has 47 heavy (non-hydrogen) atoms. The number of rotatable bonds is 9. The van der Waals surface area contributed by atoms with Crippen LogP contribution in [0.15, 0.2) is 52.0 Å². The molecule has 1 saturated heterocycles. The Morgan fingerprint density at radius 3 is 2.81 bits per heavy atom. The van der Waals surface area contributed by atoms with Crippen LogP contribution in [0.25, 0.3) is 5.82 Å². The van der Waals surface area contributed by atoms with Crippen molar-refractivity contribution in [2.45, 2.75) is 57.7 Å². The first-order valence-electron chi connectivity index (χ1n) is 14.7. The molecule has 16 heteroatoms. The first-order chi connectivity index (χ1) is 22.4. The molecule has 1 aliphatic heterocycles. The summed E-state index contributed by atoms with van der Waals surface area (Å²) in [6.45, 7) is 5.61. The highest BCUT2D eigenvalue weighted by Crippen LogP contribution is 2.48. The number of H-pyrrole nitrogens is 1. The summed E-state index contributed by atoms with van der Waals surface area (Å²) < 4.78 is 39.4. The minimum atomic E-state index is -2.37. The number of aromatic nitrogens is 4. The molecule has 248 valence electrons. The molecule has 5 rings (SSSR count). The van der Waals surface area contributed by atoms with Crippen LogP contribution in [0.1, 0.15) is 66.3 Å². The van der Waals surface area contributed by atoms with Crippen molar-refractivity contribution in [3.63, 3.8) is 0 Å². The highest BCUT2D eigenvalue weighted by atomic mass is 32.1. The number of hydrogen-bond donors (Lipinski definition) is 3. The van der Waals surface area contributed by atoms with Gasteiger partial charge in [-0.2, -0.15) is 9.94 Å². The van der Waals surface area contributed by atoms with Crippen molar-refractivity contribution in [1.82, 2.24) is 25.1 Å². The molecule has 2 aliphatic rings. The molecule has 3 aromatic rings. The van der Waals surface area contributed by atoms with Crippen molar-refractivity contribution < 1.29 is 32.9 Å². The molecule has 1 aromatic carbocycles. The van der Waals surface area contributed by atoms with E-state index in [9.17, 15) is 19.6 Å². The van der Waals surface area contributed by atoms with E-state index in [4.69, 9.17) is 18.9 Å². The molecular formula is C31H34FN7O7S. The molecule has 3 N–H and O–H groups in total. The highest BCUT2D eigenvalue weighted by molar-refractivity contribution is 7.12. The van der Waals surface area contributed by atoms with Crippen LogP contribution in [-0.2, 0) is 25.5 Å². The van der Waals surface area contributed by atoms with Crippen LogP contribution in [0.4, 0.5) is 14.9 Å². The average Bonchev–Trinajstić information content (AvgIpc) is 3.68. The maximum absolute atomic E-state index is 17.1. The molecule has 2 aromatic heterocycles. The summed E-state index contributed by atoms with van der Waals surface area (Å²) in [6.07, 6.45) is 3.58. The number of thiazole rings is 1. The molecule has 1 amide bonds. The van der Waals surface area contributed by atoms with Crippen molar-refractivity contribution in [3.8, 4) is 11.9 Å². The standard InChI is InChI=1S/C31H34FN7O7S/c1-30(2,3)46-29(42)34-15-18-13-19(9-8-17(18)14-33)36-23(21-10-11-22-20(7-6-12-45-22)31(21,32)44-5)25-37-28(41)39(38-25)26-24(27(40)43-4)47-16-35-26/h8-11,13,16,20,23,36H,6-7,12,15H2,1-5H3,(H,34,42)(H,37,38,41). The van der Waals surface area contributed by atoms with Crippen LogP contribution < -0.4 is 16.3 Å². The zero-order valence-electron chi connectivity index (χ0n) is 26.4. The topological polar surface area (TPSA) is 182 Å². The van der Waals surface area contributed by atoms with Gasteiger partial charge in [0.25, 0.3) is 0 Å². The number of esters is 1. The van der Waals surface area contributed by atoms with Gasteiger partial charge in [0.05, 0.1) is 36.8 Å². The summed E-state index contributed by atoms with van der Waals surface area (Å²) >= 11 is 0.971. The van der Waals surface area contributed by atoms with Crippen LogP contribution in [0, 0.1) is 17.2 Å². The third-order valence-corrected chi connectivity index (χ3v) is 8.31. The highest BCUT2D eigenvalue weighted by Gasteiger charge is 2.51. The number of methoxy groups -OCH3 is 2. The van der Waals surface area contributed by atoms with Gasteiger partial charge in [-0.15, -0.1) is 16.4 Å². The summed E-state index contributed by atoms with van der Waals surface area (Å²) in [5.74, 6) is -3.46. The van der Waals surface area contributed by atoms with Crippen LogP contribution in [-0.4, -0.2) is 64.1 Å². The number of nitrogens with one attached hydrogen (secondary N) is 3. The molecule has 0 bridgehead atoms. The fourth-order valence-electron chi connectivity index (χ4n) is 5.41. The Morgan fingerprint density at radius 1 is 1.32 bits per heavy atom. The fourth-order valence-corrected chi connectivity index (χ4v) is 6.09. The van der Waals surface area contributed by atoms with E-state index in [1.165, 1.54) is 25.8 Å². The molecule has 0 radical (unpaired) electrons. The van der Waals surface area contributed by atoms with E-state index in [0.717, 1.165) is 16.0 Å². The lowest BCUT2D eigenvalue weighted by atomic mass is 9.79. The maximum Gasteiger partial charge on any atom is 0.407 e. The number of alkyl halides is 1. The zero-order valence-corrected chi connectivity index (χ0v) is 27.2. The quantitative estimate of drug-likeness (QED) is 0.275. The van der Waals surface area contributed by atoms with Gasteiger partial charge >= 0.3 is 17.8 Å². The third-order valence-electron chi connectivity index (χ3n) is 7.51. The lowest BCUT2D eigenvalue weighted by molar-refractivity contribution is -0.147. The normalized spacial score (nSPS) is 19.6. The Morgan fingerprint density at radius 2 is 2.11 bits per heavy atom. The van der Waals surface area contributed by atoms with Crippen molar-refractivity contribution in [3.05, 3.63) is 79.5 Å². The number of alkyl carbamates (subject to hydrolysis) is 1. The van der Waals surface area contributed by atoms with E-state index in [1.807, 2.05) is 0 Å². The van der Waals surface area contributed by atoms with E-state index >= 15 is 4.39 Å². The number of benzene rings is 1.